The summed E-state index contributed by atoms with van der Waals surface area (Å²) in [5.74, 6) is -1.14. The van der Waals surface area contributed by atoms with Gasteiger partial charge in [0, 0.05) is 12.4 Å². The van der Waals surface area contributed by atoms with Crippen LogP contribution >= 0.6 is 0 Å². The van der Waals surface area contributed by atoms with E-state index in [4.69, 9.17) is 0 Å². The molecule has 3 nitrogen and oxygen atoms in total. The lowest BCUT2D eigenvalue weighted by atomic mass is 9.92. The van der Waals surface area contributed by atoms with Crippen molar-refractivity contribution in [1.82, 2.24) is 0 Å². The van der Waals surface area contributed by atoms with Crippen LogP contribution in [0.25, 0.3) is 0 Å². The second-order valence-electron chi connectivity index (χ2n) is 3.36. The smallest absolute Gasteiger partial charge is 0.129 e. The Morgan fingerprint density at radius 2 is 1.92 bits per heavy atom. The topological polar surface area (TPSA) is 57.2 Å². The SMILES string of the molecule is C=C(C)[C@@H](CCC(C)=O)CC(=O)[O-]. The summed E-state index contributed by atoms with van der Waals surface area (Å²) in [6.07, 6.45) is 0.923. The molecule has 0 heterocycles. The number of carbonyl (C=O) groups excluding carboxylic acids is 2. The van der Waals surface area contributed by atoms with Gasteiger partial charge in [-0.1, -0.05) is 12.2 Å². The molecule has 0 aliphatic heterocycles. The molecule has 0 aromatic heterocycles. The maximum Gasteiger partial charge on any atom is 0.129 e. The van der Waals surface area contributed by atoms with E-state index in [1.54, 1.807) is 6.92 Å². The molecule has 0 fully saturated rings. The van der Waals surface area contributed by atoms with Crippen LogP contribution in [0.5, 0.6) is 0 Å². The fourth-order valence-corrected chi connectivity index (χ4v) is 1.10. The third kappa shape index (κ3) is 6.08. The van der Waals surface area contributed by atoms with Gasteiger partial charge in [-0.05, 0) is 32.6 Å². The predicted molar refractivity (Wildman–Crippen MR) is 47.8 cm³/mol. The highest BCUT2D eigenvalue weighted by molar-refractivity contribution is 5.75. The Morgan fingerprint density at radius 3 is 2.23 bits per heavy atom. The molecule has 0 aliphatic rings. The minimum absolute atomic E-state index is 0.0391. The number of carboxylic acids is 1. The fourth-order valence-electron chi connectivity index (χ4n) is 1.10. The van der Waals surface area contributed by atoms with Crippen LogP contribution in [0.4, 0.5) is 0 Å². The van der Waals surface area contributed by atoms with Crippen LogP contribution in [-0.4, -0.2) is 11.8 Å². The van der Waals surface area contributed by atoms with Crippen molar-refractivity contribution in [3.63, 3.8) is 0 Å². The zero-order valence-corrected chi connectivity index (χ0v) is 8.13. The molecule has 0 aliphatic carbocycles. The fraction of sp³-hybridized carbons (Fsp3) is 0.600. The molecule has 0 saturated carbocycles. The molecular weight excluding hydrogens is 168 g/mol. The number of carbonyl (C=O) groups is 2. The number of hydrogen-bond acceptors (Lipinski definition) is 3. The van der Waals surface area contributed by atoms with Gasteiger partial charge in [0.2, 0.25) is 0 Å². The maximum absolute atomic E-state index is 10.7. The van der Waals surface area contributed by atoms with Gasteiger partial charge in [-0.15, -0.1) is 0 Å². The van der Waals surface area contributed by atoms with Gasteiger partial charge in [-0.2, -0.15) is 0 Å². The molecule has 0 spiro atoms. The zero-order chi connectivity index (χ0) is 10.4. The molecule has 0 amide bonds. The Balaban J connectivity index is 4.02. The normalized spacial score (nSPS) is 12.2. The highest BCUT2D eigenvalue weighted by atomic mass is 16.4. The zero-order valence-electron chi connectivity index (χ0n) is 8.13. The molecule has 1 atom stereocenters. The molecule has 13 heavy (non-hydrogen) atoms. The van der Waals surface area contributed by atoms with E-state index in [0.717, 1.165) is 5.57 Å². The van der Waals surface area contributed by atoms with Gasteiger partial charge in [-0.3, -0.25) is 0 Å². The van der Waals surface area contributed by atoms with Gasteiger partial charge >= 0.3 is 0 Å². The first-order valence-corrected chi connectivity index (χ1v) is 4.28. The molecule has 74 valence electrons. The minimum atomic E-state index is -1.09. The Morgan fingerprint density at radius 1 is 1.38 bits per heavy atom. The maximum atomic E-state index is 10.7. The standard InChI is InChI=1S/C10H16O3/c1-7(2)9(6-10(12)13)5-4-8(3)11/h9H,1,4-6H2,2-3H3,(H,12,13)/p-1/t9-/m0/s1. The number of hydrogen-bond donors (Lipinski definition) is 0. The van der Waals surface area contributed by atoms with Crippen molar-refractivity contribution in [2.75, 3.05) is 0 Å². The van der Waals surface area contributed by atoms with Crippen molar-refractivity contribution in [3.8, 4) is 0 Å². The summed E-state index contributed by atoms with van der Waals surface area (Å²) in [4.78, 5) is 21.0. The van der Waals surface area contributed by atoms with E-state index in [2.05, 4.69) is 6.58 Å². The molecule has 0 aromatic rings. The molecular formula is C10H15O3-. The van der Waals surface area contributed by atoms with Crippen molar-refractivity contribution >= 4 is 11.8 Å². The van der Waals surface area contributed by atoms with Crippen LogP contribution in [0.1, 0.15) is 33.1 Å². The van der Waals surface area contributed by atoms with E-state index >= 15 is 0 Å². The van der Waals surface area contributed by atoms with Gasteiger partial charge in [0.15, 0.2) is 0 Å². The molecule has 0 bridgehead atoms. The van der Waals surface area contributed by atoms with E-state index in [9.17, 15) is 14.7 Å². The summed E-state index contributed by atoms with van der Waals surface area (Å²) in [5.41, 5.74) is 0.797. The lowest BCUT2D eigenvalue weighted by Crippen LogP contribution is -2.25. The summed E-state index contributed by atoms with van der Waals surface area (Å²) in [7, 11) is 0. The largest absolute Gasteiger partial charge is 0.550 e. The quantitative estimate of drug-likeness (QED) is 0.569. The van der Waals surface area contributed by atoms with Crippen molar-refractivity contribution < 1.29 is 14.7 Å². The van der Waals surface area contributed by atoms with E-state index in [-0.39, 0.29) is 18.1 Å². The number of carboxylic acid groups (broad SMARTS) is 1. The molecule has 0 N–H and O–H groups in total. The highest BCUT2D eigenvalue weighted by Gasteiger charge is 2.10. The molecule has 0 rings (SSSR count). The van der Waals surface area contributed by atoms with E-state index in [0.29, 0.717) is 12.8 Å². The number of allylic oxidation sites excluding steroid dienone is 1. The van der Waals surface area contributed by atoms with Gasteiger partial charge in [0.25, 0.3) is 0 Å². The second kappa shape index (κ2) is 5.51. The van der Waals surface area contributed by atoms with E-state index < -0.39 is 5.97 Å². The number of aliphatic carboxylic acids is 1. The summed E-state index contributed by atoms with van der Waals surface area (Å²) in [5, 5.41) is 10.3. The van der Waals surface area contributed by atoms with Gasteiger partial charge in [-0.25, -0.2) is 0 Å². The van der Waals surface area contributed by atoms with Gasteiger partial charge in [0.1, 0.15) is 5.78 Å². The van der Waals surface area contributed by atoms with Crippen LogP contribution in [-0.2, 0) is 9.59 Å². The lowest BCUT2D eigenvalue weighted by Gasteiger charge is -2.16. The average Bonchev–Trinajstić information content (AvgIpc) is 1.96. The van der Waals surface area contributed by atoms with Crippen LogP contribution in [0.15, 0.2) is 12.2 Å². The van der Waals surface area contributed by atoms with Crippen LogP contribution in [0.3, 0.4) is 0 Å². The third-order valence-corrected chi connectivity index (χ3v) is 1.95. The van der Waals surface area contributed by atoms with Crippen LogP contribution in [0, 0.1) is 5.92 Å². The molecule has 0 saturated heterocycles. The Hall–Kier alpha value is -1.12. The number of ketones is 1. The van der Waals surface area contributed by atoms with Crippen LogP contribution < -0.4 is 5.11 Å². The summed E-state index contributed by atoms with van der Waals surface area (Å²) < 4.78 is 0. The number of Topliss-reactive ketones (excluding diaryl/α,β-unsaturated/α-hetero) is 1. The van der Waals surface area contributed by atoms with Gasteiger partial charge < -0.3 is 14.7 Å². The Labute approximate surface area is 78.5 Å². The van der Waals surface area contributed by atoms with Crippen molar-refractivity contribution in [2.24, 2.45) is 5.92 Å². The van der Waals surface area contributed by atoms with Crippen molar-refractivity contribution in [1.29, 1.82) is 0 Å². The van der Waals surface area contributed by atoms with Crippen molar-refractivity contribution in [3.05, 3.63) is 12.2 Å². The predicted octanol–water partition coefficient (Wildman–Crippen LogP) is 0.688. The van der Waals surface area contributed by atoms with Gasteiger partial charge in [0.05, 0.1) is 0 Å². The molecule has 0 radical (unpaired) electrons. The first-order valence-electron chi connectivity index (χ1n) is 4.28. The monoisotopic (exact) mass is 183 g/mol. The average molecular weight is 183 g/mol. The molecule has 0 aromatic carbocycles. The summed E-state index contributed by atoms with van der Waals surface area (Å²) in [6.45, 7) is 6.95. The first-order chi connectivity index (χ1) is 5.93. The molecule has 0 unspecified atom stereocenters. The number of rotatable bonds is 6. The third-order valence-electron chi connectivity index (χ3n) is 1.95. The van der Waals surface area contributed by atoms with E-state index in [1.807, 2.05) is 0 Å². The minimum Gasteiger partial charge on any atom is -0.550 e. The molecule has 3 heteroatoms. The second-order valence-corrected chi connectivity index (χ2v) is 3.36. The highest BCUT2D eigenvalue weighted by Crippen LogP contribution is 2.18. The van der Waals surface area contributed by atoms with E-state index in [1.165, 1.54) is 6.92 Å². The Bertz CT molecular complexity index is 218. The Kier molecular flexibility index (Phi) is 5.04. The lowest BCUT2D eigenvalue weighted by molar-refractivity contribution is -0.306. The first kappa shape index (κ1) is 11.9. The summed E-state index contributed by atoms with van der Waals surface area (Å²) in [6, 6.07) is 0. The van der Waals surface area contributed by atoms with Crippen LogP contribution in [0.2, 0.25) is 0 Å². The van der Waals surface area contributed by atoms with Crippen molar-refractivity contribution in [2.45, 2.75) is 33.1 Å². The summed E-state index contributed by atoms with van der Waals surface area (Å²) >= 11 is 0.